The average Bonchev–Trinajstić information content (AvgIpc) is 2.46. The molecule has 2 N–H and O–H groups in total. The van der Waals surface area contributed by atoms with Gasteiger partial charge in [0.1, 0.15) is 11.9 Å². The van der Waals surface area contributed by atoms with E-state index in [1.165, 1.54) is 0 Å². The molecule has 2 heterocycles. The highest BCUT2D eigenvalue weighted by Crippen LogP contribution is 2.28. The van der Waals surface area contributed by atoms with Gasteiger partial charge in [-0.1, -0.05) is 12.1 Å². The lowest BCUT2D eigenvalue weighted by Crippen LogP contribution is -2.51. The van der Waals surface area contributed by atoms with Gasteiger partial charge in [0, 0.05) is 25.3 Å². The van der Waals surface area contributed by atoms with Gasteiger partial charge in [-0.15, -0.1) is 0 Å². The summed E-state index contributed by atoms with van der Waals surface area (Å²) < 4.78 is 11.4. The van der Waals surface area contributed by atoms with E-state index in [9.17, 15) is 0 Å². The van der Waals surface area contributed by atoms with E-state index in [0.717, 1.165) is 50.6 Å². The molecule has 1 fully saturated rings. The van der Waals surface area contributed by atoms with Crippen LogP contribution in [-0.2, 0) is 4.74 Å². The zero-order chi connectivity index (χ0) is 13.1. The van der Waals surface area contributed by atoms with Crippen molar-refractivity contribution in [3.05, 3.63) is 24.3 Å². The van der Waals surface area contributed by atoms with E-state index in [2.05, 4.69) is 23.6 Å². The maximum atomic E-state index is 6.01. The Balaban J connectivity index is 1.54. The third kappa shape index (κ3) is 3.01. The van der Waals surface area contributed by atoms with Gasteiger partial charge in [-0.25, -0.2) is 0 Å². The minimum Gasteiger partial charge on any atom is -0.485 e. The van der Waals surface area contributed by atoms with E-state index in [0.29, 0.717) is 0 Å². The van der Waals surface area contributed by atoms with Crippen LogP contribution in [0, 0.1) is 0 Å². The third-order valence-electron chi connectivity index (χ3n) is 4.05. The fraction of sp³-hybridized carbons (Fsp3) is 0.600. The highest BCUT2D eigenvalue weighted by Gasteiger charge is 2.28. The maximum absolute atomic E-state index is 6.01. The van der Waals surface area contributed by atoms with E-state index < -0.39 is 0 Å². The number of benzene rings is 1. The molecule has 4 nitrogen and oxygen atoms in total. The van der Waals surface area contributed by atoms with Crippen molar-refractivity contribution in [1.29, 1.82) is 0 Å². The fourth-order valence-electron chi connectivity index (χ4n) is 2.63. The Labute approximate surface area is 114 Å². The summed E-state index contributed by atoms with van der Waals surface area (Å²) in [4.78, 5) is 0. The molecule has 104 valence electrons. The summed E-state index contributed by atoms with van der Waals surface area (Å²) in [7, 11) is 0. The van der Waals surface area contributed by atoms with Gasteiger partial charge < -0.3 is 20.1 Å². The molecule has 0 aliphatic carbocycles. The zero-order valence-electron chi connectivity index (χ0n) is 11.4. The van der Waals surface area contributed by atoms with Gasteiger partial charge in [-0.05, 0) is 31.9 Å². The van der Waals surface area contributed by atoms with Crippen LogP contribution in [0.15, 0.2) is 24.3 Å². The van der Waals surface area contributed by atoms with E-state index in [4.69, 9.17) is 9.47 Å². The van der Waals surface area contributed by atoms with Crippen LogP contribution in [0.4, 0.5) is 5.69 Å². The molecule has 0 aromatic heterocycles. The molecular weight excluding hydrogens is 240 g/mol. The highest BCUT2D eigenvalue weighted by atomic mass is 16.5. The molecule has 1 aromatic carbocycles. The molecule has 1 aromatic rings. The molecule has 0 amide bonds. The van der Waals surface area contributed by atoms with Gasteiger partial charge in [0.05, 0.1) is 12.2 Å². The van der Waals surface area contributed by atoms with Crippen LogP contribution < -0.4 is 15.4 Å². The molecule has 0 bridgehead atoms. The van der Waals surface area contributed by atoms with Crippen molar-refractivity contribution in [1.82, 2.24) is 5.32 Å². The maximum Gasteiger partial charge on any atom is 0.142 e. The van der Waals surface area contributed by atoms with Crippen molar-refractivity contribution >= 4 is 5.69 Å². The topological polar surface area (TPSA) is 42.5 Å². The molecule has 0 saturated carbocycles. The lowest BCUT2D eigenvalue weighted by atomic mass is 9.92. The Kier molecular flexibility index (Phi) is 3.62. The smallest absolute Gasteiger partial charge is 0.142 e. The highest BCUT2D eigenvalue weighted by molar-refractivity contribution is 5.57. The molecule has 1 unspecified atom stereocenters. The molecule has 3 rings (SSSR count). The number of rotatable bonds is 3. The first-order chi connectivity index (χ1) is 9.25. The van der Waals surface area contributed by atoms with Crippen LogP contribution in [0.5, 0.6) is 5.75 Å². The second-order valence-corrected chi connectivity index (χ2v) is 5.67. The van der Waals surface area contributed by atoms with E-state index in [1.54, 1.807) is 0 Å². The predicted octanol–water partition coefficient (Wildman–Crippen LogP) is 2.02. The number of nitrogens with one attached hydrogen (secondary N) is 2. The minimum atomic E-state index is 0.189. The van der Waals surface area contributed by atoms with Crippen LogP contribution >= 0.6 is 0 Å². The Morgan fingerprint density at radius 3 is 2.95 bits per heavy atom. The van der Waals surface area contributed by atoms with Crippen molar-refractivity contribution in [2.75, 3.05) is 31.6 Å². The van der Waals surface area contributed by atoms with Gasteiger partial charge in [0.2, 0.25) is 0 Å². The standard InChI is InChI=1S/C15H22N2O2/c1-15(6-8-18-9-7-15)17-11-12-10-16-13-4-2-3-5-14(13)19-12/h2-5,12,16-17H,6-11H2,1H3. The number of hydrogen-bond donors (Lipinski definition) is 2. The molecule has 0 spiro atoms. The molecular formula is C15H22N2O2. The van der Waals surface area contributed by atoms with Crippen molar-refractivity contribution < 1.29 is 9.47 Å². The summed E-state index contributed by atoms with van der Waals surface area (Å²) >= 11 is 0. The first kappa shape index (κ1) is 12.8. The summed E-state index contributed by atoms with van der Waals surface area (Å²) in [5.41, 5.74) is 1.29. The molecule has 2 aliphatic rings. The van der Waals surface area contributed by atoms with Crippen molar-refractivity contribution in [3.63, 3.8) is 0 Å². The molecule has 1 atom stereocenters. The van der Waals surface area contributed by atoms with Crippen LogP contribution in [0.2, 0.25) is 0 Å². The van der Waals surface area contributed by atoms with Gasteiger partial charge >= 0.3 is 0 Å². The second-order valence-electron chi connectivity index (χ2n) is 5.67. The van der Waals surface area contributed by atoms with E-state index in [-0.39, 0.29) is 11.6 Å². The monoisotopic (exact) mass is 262 g/mol. The van der Waals surface area contributed by atoms with Crippen LogP contribution in [0.3, 0.4) is 0 Å². The molecule has 4 heteroatoms. The van der Waals surface area contributed by atoms with Gasteiger partial charge in [0.25, 0.3) is 0 Å². The lowest BCUT2D eigenvalue weighted by Gasteiger charge is -2.37. The minimum absolute atomic E-state index is 0.189. The van der Waals surface area contributed by atoms with Gasteiger partial charge in [-0.3, -0.25) is 0 Å². The second kappa shape index (κ2) is 5.39. The summed E-state index contributed by atoms with van der Waals surface area (Å²) in [5, 5.41) is 7.08. The van der Waals surface area contributed by atoms with Crippen molar-refractivity contribution in [3.8, 4) is 5.75 Å². The van der Waals surface area contributed by atoms with Crippen molar-refractivity contribution in [2.45, 2.75) is 31.4 Å². The largest absolute Gasteiger partial charge is 0.485 e. The van der Waals surface area contributed by atoms with E-state index in [1.807, 2.05) is 18.2 Å². The zero-order valence-corrected chi connectivity index (χ0v) is 11.4. The van der Waals surface area contributed by atoms with Crippen LogP contribution in [-0.4, -0.2) is 37.9 Å². The normalized spacial score (nSPS) is 25.0. The molecule has 1 saturated heterocycles. The van der Waals surface area contributed by atoms with Crippen LogP contribution in [0.25, 0.3) is 0 Å². The fourth-order valence-corrected chi connectivity index (χ4v) is 2.63. The van der Waals surface area contributed by atoms with Crippen LogP contribution in [0.1, 0.15) is 19.8 Å². The number of anilines is 1. The first-order valence-corrected chi connectivity index (χ1v) is 7.08. The summed E-state index contributed by atoms with van der Waals surface area (Å²) in [6.07, 6.45) is 2.34. The summed E-state index contributed by atoms with van der Waals surface area (Å²) in [6, 6.07) is 8.11. The van der Waals surface area contributed by atoms with E-state index >= 15 is 0 Å². The Hall–Kier alpha value is -1.26. The van der Waals surface area contributed by atoms with Crippen molar-refractivity contribution in [2.24, 2.45) is 0 Å². The first-order valence-electron chi connectivity index (χ1n) is 7.08. The SMILES string of the molecule is CC1(NCC2CNc3ccccc3O2)CCOCC1. The number of ether oxygens (including phenoxy) is 2. The Bertz CT molecular complexity index is 430. The number of fused-ring (bicyclic) bond motifs is 1. The third-order valence-corrected chi connectivity index (χ3v) is 4.05. The van der Waals surface area contributed by atoms with Gasteiger partial charge in [0.15, 0.2) is 0 Å². The lowest BCUT2D eigenvalue weighted by molar-refractivity contribution is 0.0407. The quantitative estimate of drug-likeness (QED) is 0.874. The van der Waals surface area contributed by atoms with Gasteiger partial charge in [-0.2, -0.15) is 0 Å². The number of para-hydroxylation sites is 2. The summed E-state index contributed by atoms with van der Waals surface area (Å²) in [5.74, 6) is 0.956. The Morgan fingerprint density at radius 2 is 2.11 bits per heavy atom. The molecule has 0 radical (unpaired) electrons. The summed E-state index contributed by atoms with van der Waals surface area (Å²) in [6.45, 7) is 5.72. The number of hydrogen-bond acceptors (Lipinski definition) is 4. The Morgan fingerprint density at radius 1 is 1.32 bits per heavy atom. The predicted molar refractivity (Wildman–Crippen MR) is 75.8 cm³/mol. The molecule has 19 heavy (non-hydrogen) atoms. The molecule has 2 aliphatic heterocycles. The average molecular weight is 262 g/mol.